The summed E-state index contributed by atoms with van der Waals surface area (Å²) in [5.41, 5.74) is 0. The van der Waals surface area contributed by atoms with E-state index in [0.717, 1.165) is 23.7 Å². The summed E-state index contributed by atoms with van der Waals surface area (Å²) < 4.78 is 0. The van der Waals surface area contributed by atoms with Gasteiger partial charge < -0.3 is 0 Å². The van der Waals surface area contributed by atoms with E-state index in [1.165, 1.54) is 64.2 Å². The van der Waals surface area contributed by atoms with Gasteiger partial charge >= 0.3 is 0 Å². The highest BCUT2D eigenvalue weighted by atomic mass is 14.3. The average Bonchev–Trinajstić information content (AvgIpc) is 2.44. The summed E-state index contributed by atoms with van der Waals surface area (Å²) in [6.07, 6.45) is 14.3. The molecule has 0 radical (unpaired) electrons. The quantitative estimate of drug-likeness (QED) is 0.307. The van der Waals surface area contributed by atoms with E-state index in [-0.39, 0.29) is 0 Å². The van der Waals surface area contributed by atoms with Gasteiger partial charge in [0.25, 0.3) is 0 Å². The van der Waals surface area contributed by atoms with E-state index in [1.54, 1.807) is 0 Å². The third-order valence-electron chi connectivity index (χ3n) is 5.23. The van der Waals surface area contributed by atoms with Crippen LogP contribution >= 0.6 is 0 Å². The summed E-state index contributed by atoms with van der Waals surface area (Å²) in [6.45, 7) is 14.3. The summed E-state index contributed by atoms with van der Waals surface area (Å²) in [6, 6.07) is 0. The van der Waals surface area contributed by atoms with Crippen LogP contribution in [0.15, 0.2) is 0 Å². The average molecular weight is 283 g/mol. The Morgan fingerprint density at radius 2 is 1.30 bits per heavy atom. The molecule has 0 bridgehead atoms. The lowest BCUT2D eigenvalue weighted by Gasteiger charge is -2.28. The van der Waals surface area contributed by atoms with Crippen molar-refractivity contribution < 1.29 is 0 Å². The lowest BCUT2D eigenvalue weighted by atomic mass is 9.78. The Balaban J connectivity index is 4.18. The van der Waals surface area contributed by atoms with Crippen LogP contribution in [0.25, 0.3) is 0 Å². The monoisotopic (exact) mass is 282 g/mol. The molecule has 0 aliphatic heterocycles. The largest absolute Gasteiger partial charge is 0.0654 e. The second-order valence-electron chi connectivity index (χ2n) is 7.31. The van der Waals surface area contributed by atoms with Crippen molar-refractivity contribution in [1.82, 2.24) is 0 Å². The fourth-order valence-corrected chi connectivity index (χ4v) is 3.76. The third kappa shape index (κ3) is 9.03. The van der Waals surface area contributed by atoms with Crippen LogP contribution in [0.3, 0.4) is 0 Å². The van der Waals surface area contributed by atoms with Crippen LogP contribution in [0.4, 0.5) is 0 Å². The molecule has 3 atom stereocenters. The van der Waals surface area contributed by atoms with Gasteiger partial charge in [-0.15, -0.1) is 0 Å². The number of rotatable bonds is 13. The highest BCUT2D eigenvalue weighted by molar-refractivity contribution is 4.71. The van der Waals surface area contributed by atoms with E-state index in [4.69, 9.17) is 0 Å². The molecule has 0 heterocycles. The molecular formula is C20H42. The Bertz CT molecular complexity index is 194. The first-order valence-corrected chi connectivity index (χ1v) is 9.58. The lowest BCUT2D eigenvalue weighted by Crippen LogP contribution is -2.17. The van der Waals surface area contributed by atoms with Crippen LogP contribution in [0.5, 0.6) is 0 Å². The van der Waals surface area contributed by atoms with Gasteiger partial charge in [-0.2, -0.15) is 0 Å². The van der Waals surface area contributed by atoms with E-state index in [2.05, 4.69) is 41.5 Å². The zero-order valence-electron chi connectivity index (χ0n) is 15.4. The summed E-state index contributed by atoms with van der Waals surface area (Å²) >= 11 is 0. The molecule has 0 rings (SSSR count). The van der Waals surface area contributed by atoms with E-state index in [0.29, 0.717) is 0 Å². The van der Waals surface area contributed by atoms with E-state index in [1.807, 2.05) is 0 Å². The van der Waals surface area contributed by atoms with Gasteiger partial charge in [0, 0.05) is 0 Å². The third-order valence-corrected chi connectivity index (χ3v) is 5.23. The van der Waals surface area contributed by atoms with Crippen molar-refractivity contribution in [2.24, 2.45) is 23.7 Å². The van der Waals surface area contributed by atoms with E-state index < -0.39 is 0 Å². The molecule has 0 aromatic heterocycles. The predicted molar refractivity (Wildman–Crippen MR) is 94.2 cm³/mol. The normalized spacial score (nSPS) is 16.4. The first-order valence-electron chi connectivity index (χ1n) is 9.58. The predicted octanol–water partition coefficient (Wildman–Crippen LogP) is 7.47. The standard InChI is InChI=1S/C20H42/c1-7-11-12-13-18(8-2)14-15-19(9-3)20(10-4)16-17(5)6/h17-20H,7-16H2,1-6H3. The molecule has 0 heteroatoms. The highest BCUT2D eigenvalue weighted by Gasteiger charge is 2.20. The SMILES string of the molecule is CCCCCC(CC)CCC(CC)C(CC)CC(C)C. The second kappa shape index (κ2) is 12.7. The van der Waals surface area contributed by atoms with Crippen molar-refractivity contribution in [3.63, 3.8) is 0 Å². The summed E-state index contributed by atoms with van der Waals surface area (Å²) in [5.74, 6) is 3.79. The minimum atomic E-state index is 0.862. The maximum atomic E-state index is 2.41. The molecule has 0 nitrogen and oxygen atoms in total. The Hall–Kier alpha value is 0. The topological polar surface area (TPSA) is 0 Å². The fraction of sp³-hybridized carbons (Fsp3) is 1.00. The summed E-state index contributed by atoms with van der Waals surface area (Å²) in [5, 5.41) is 0. The second-order valence-corrected chi connectivity index (χ2v) is 7.31. The van der Waals surface area contributed by atoms with Gasteiger partial charge in [0.05, 0.1) is 0 Å². The minimum absolute atomic E-state index is 0.862. The van der Waals surface area contributed by atoms with Gasteiger partial charge in [0.2, 0.25) is 0 Å². The van der Waals surface area contributed by atoms with Crippen molar-refractivity contribution in [3.8, 4) is 0 Å². The molecule has 0 aliphatic carbocycles. The van der Waals surface area contributed by atoms with Crippen LogP contribution in [0.2, 0.25) is 0 Å². The van der Waals surface area contributed by atoms with Crippen LogP contribution < -0.4 is 0 Å². The number of hydrogen-bond donors (Lipinski definition) is 0. The molecule has 3 unspecified atom stereocenters. The van der Waals surface area contributed by atoms with Gasteiger partial charge in [-0.05, 0) is 36.5 Å². The molecule has 0 aliphatic rings. The Kier molecular flexibility index (Phi) is 12.7. The molecule has 0 fully saturated rings. The molecule has 0 N–H and O–H groups in total. The molecule has 0 aromatic rings. The van der Waals surface area contributed by atoms with Crippen molar-refractivity contribution in [3.05, 3.63) is 0 Å². The van der Waals surface area contributed by atoms with Gasteiger partial charge in [0.1, 0.15) is 0 Å². The van der Waals surface area contributed by atoms with Crippen molar-refractivity contribution in [2.75, 3.05) is 0 Å². The van der Waals surface area contributed by atoms with Gasteiger partial charge in [-0.25, -0.2) is 0 Å². The Morgan fingerprint density at radius 3 is 1.75 bits per heavy atom. The molecule has 0 spiro atoms. The van der Waals surface area contributed by atoms with Crippen LogP contribution in [-0.2, 0) is 0 Å². The Morgan fingerprint density at radius 1 is 0.650 bits per heavy atom. The number of unbranched alkanes of at least 4 members (excludes halogenated alkanes) is 2. The molecule has 0 saturated carbocycles. The zero-order chi connectivity index (χ0) is 15.4. The molecule has 0 saturated heterocycles. The van der Waals surface area contributed by atoms with Crippen LogP contribution in [-0.4, -0.2) is 0 Å². The minimum Gasteiger partial charge on any atom is -0.0654 e. The van der Waals surface area contributed by atoms with Gasteiger partial charge in [0.15, 0.2) is 0 Å². The molecular weight excluding hydrogens is 240 g/mol. The summed E-state index contributed by atoms with van der Waals surface area (Å²) in [7, 11) is 0. The fourth-order valence-electron chi connectivity index (χ4n) is 3.76. The Labute approximate surface area is 130 Å². The van der Waals surface area contributed by atoms with Crippen LogP contribution in [0, 0.1) is 23.7 Å². The first-order chi connectivity index (χ1) is 9.58. The highest BCUT2D eigenvalue weighted by Crippen LogP contribution is 2.32. The van der Waals surface area contributed by atoms with Gasteiger partial charge in [-0.3, -0.25) is 0 Å². The van der Waals surface area contributed by atoms with E-state index in [9.17, 15) is 0 Å². The van der Waals surface area contributed by atoms with Crippen LogP contribution in [0.1, 0.15) is 106 Å². The maximum Gasteiger partial charge on any atom is -0.0386 e. The molecule has 122 valence electrons. The molecule has 0 amide bonds. The molecule has 20 heavy (non-hydrogen) atoms. The smallest absolute Gasteiger partial charge is 0.0386 e. The van der Waals surface area contributed by atoms with Crippen molar-refractivity contribution >= 4 is 0 Å². The number of hydrogen-bond acceptors (Lipinski definition) is 0. The van der Waals surface area contributed by atoms with Crippen molar-refractivity contribution in [2.45, 2.75) is 106 Å². The van der Waals surface area contributed by atoms with E-state index >= 15 is 0 Å². The first kappa shape index (κ1) is 20.0. The maximum absolute atomic E-state index is 2.41. The van der Waals surface area contributed by atoms with Gasteiger partial charge in [-0.1, -0.05) is 92.9 Å². The summed E-state index contributed by atoms with van der Waals surface area (Å²) in [4.78, 5) is 0. The zero-order valence-corrected chi connectivity index (χ0v) is 15.4. The molecule has 0 aromatic carbocycles. The lowest BCUT2D eigenvalue weighted by molar-refractivity contribution is 0.231. The van der Waals surface area contributed by atoms with Crippen molar-refractivity contribution in [1.29, 1.82) is 0 Å².